The van der Waals surface area contributed by atoms with Crippen LogP contribution in [0.4, 0.5) is 4.39 Å². The van der Waals surface area contributed by atoms with E-state index in [0.29, 0.717) is 10.4 Å². The maximum atomic E-state index is 13.5. The smallest absolute Gasteiger partial charge is 0.250 e. The molecule has 3 nitrogen and oxygen atoms in total. The van der Waals surface area contributed by atoms with E-state index in [1.54, 1.807) is 0 Å². The Balaban J connectivity index is 1.93. The van der Waals surface area contributed by atoms with Crippen LogP contribution in [-0.4, -0.2) is 22.8 Å². The molecule has 0 bridgehead atoms. The fourth-order valence-electron chi connectivity index (χ4n) is 2.08. The van der Waals surface area contributed by atoms with Crippen molar-refractivity contribution in [1.29, 1.82) is 0 Å². The van der Waals surface area contributed by atoms with E-state index in [0.717, 1.165) is 25.7 Å². The number of aliphatic hydroxyl groups is 1. The summed E-state index contributed by atoms with van der Waals surface area (Å²) in [6.07, 6.45) is 5.10. The number of nitrogens with zero attached hydrogens (tertiary/aromatic N) is 1. The first kappa shape index (κ1) is 12.8. The zero-order valence-electron chi connectivity index (χ0n) is 9.40. The molecule has 0 aliphatic heterocycles. The van der Waals surface area contributed by atoms with E-state index >= 15 is 0 Å². The van der Waals surface area contributed by atoms with Gasteiger partial charge in [0.05, 0.1) is 0 Å². The van der Waals surface area contributed by atoms with E-state index in [9.17, 15) is 4.39 Å². The van der Waals surface area contributed by atoms with Gasteiger partial charge < -0.3 is 9.84 Å². The Hall–Kier alpha value is -0.680. The summed E-state index contributed by atoms with van der Waals surface area (Å²) >= 11 is 3.15. The molecule has 1 N–H and O–H groups in total. The van der Waals surface area contributed by atoms with E-state index in [1.165, 1.54) is 12.3 Å². The van der Waals surface area contributed by atoms with Crippen molar-refractivity contribution in [3.63, 3.8) is 0 Å². The van der Waals surface area contributed by atoms with Crippen LogP contribution in [0.15, 0.2) is 16.7 Å². The van der Waals surface area contributed by atoms with E-state index in [-0.39, 0.29) is 18.6 Å². The molecule has 0 saturated heterocycles. The minimum Gasteiger partial charge on any atom is -0.472 e. The molecule has 1 aromatic rings. The average molecular weight is 304 g/mol. The van der Waals surface area contributed by atoms with Gasteiger partial charge in [-0.05, 0) is 53.6 Å². The van der Waals surface area contributed by atoms with Crippen LogP contribution in [0.25, 0.3) is 0 Å². The van der Waals surface area contributed by atoms with Gasteiger partial charge in [0, 0.05) is 17.3 Å². The van der Waals surface area contributed by atoms with Gasteiger partial charge in [0.2, 0.25) is 0 Å². The molecule has 1 aliphatic rings. The molecule has 0 amide bonds. The second kappa shape index (κ2) is 5.78. The van der Waals surface area contributed by atoms with Gasteiger partial charge in [0.1, 0.15) is 6.10 Å². The zero-order valence-corrected chi connectivity index (χ0v) is 11.0. The summed E-state index contributed by atoms with van der Waals surface area (Å²) in [5.74, 6) is 0.00174. The molecule has 17 heavy (non-hydrogen) atoms. The topological polar surface area (TPSA) is 42.4 Å². The first-order valence-corrected chi connectivity index (χ1v) is 6.57. The first-order chi connectivity index (χ1) is 8.19. The van der Waals surface area contributed by atoms with Crippen molar-refractivity contribution in [2.75, 3.05) is 6.61 Å². The highest BCUT2D eigenvalue weighted by molar-refractivity contribution is 9.10. The SMILES string of the molecule is OCC1CCC(Oc2ncc(Br)cc2F)CC1. The molecule has 1 aromatic heterocycles. The maximum Gasteiger partial charge on any atom is 0.250 e. The number of aliphatic hydroxyl groups excluding tert-OH is 1. The van der Waals surface area contributed by atoms with Crippen molar-refractivity contribution in [3.8, 4) is 5.88 Å². The summed E-state index contributed by atoms with van der Waals surface area (Å²) in [7, 11) is 0. The van der Waals surface area contributed by atoms with Gasteiger partial charge in [-0.25, -0.2) is 9.37 Å². The second-order valence-electron chi connectivity index (χ2n) is 4.38. The molecular formula is C12H15BrFNO2. The van der Waals surface area contributed by atoms with E-state index in [1.807, 2.05) is 0 Å². The fourth-order valence-corrected chi connectivity index (χ4v) is 2.38. The van der Waals surface area contributed by atoms with Crippen molar-refractivity contribution < 1.29 is 14.2 Å². The average Bonchev–Trinajstić information content (AvgIpc) is 2.34. The van der Waals surface area contributed by atoms with Crippen molar-refractivity contribution in [2.45, 2.75) is 31.8 Å². The summed E-state index contributed by atoms with van der Waals surface area (Å²) in [6.45, 7) is 0.234. The monoisotopic (exact) mass is 303 g/mol. The molecule has 2 rings (SSSR count). The molecule has 0 radical (unpaired) electrons. The van der Waals surface area contributed by atoms with Gasteiger partial charge in [0.25, 0.3) is 5.88 Å². The largest absolute Gasteiger partial charge is 0.472 e. The zero-order chi connectivity index (χ0) is 12.3. The molecule has 1 aliphatic carbocycles. The predicted octanol–water partition coefficient (Wildman–Crippen LogP) is 2.91. The molecule has 0 unspecified atom stereocenters. The Bertz CT molecular complexity index is 381. The Kier molecular flexibility index (Phi) is 4.34. The van der Waals surface area contributed by atoms with Gasteiger partial charge in [-0.1, -0.05) is 0 Å². The van der Waals surface area contributed by atoms with Crippen molar-refractivity contribution in [1.82, 2.24) is 4.98 Å². The van der Waals surface area contributed by atoms with Crippen LogP contribution in [0.3, 0.4) is 0 Å². The number of pyridine rings is 1. The number of halogens is 2. The van der Waals surface area contributed by atoms with Crippen LogP contribution in [0.2, 0.25) is 0 Å². The van der Waals surface area contributed by atoms with Crippen LogP contribution in [-0.2, 0) is 0 Å². The van der Waals surface area contributed by atoms with Gasteiger partial charge >= 0.3 is 0 Å². The van der Waals surface area contributed by atoms with Crippen LogP contribution in [0.5, 0.6) is 5.88 Å². The lowest BCUT2D eigenvalue weighted by molar-refractivity contribution is 0.0969. The number of hydrogen-bond donors (Lipinski definition) is 1. The lowest BCUT2D eigenvalue weighted by Gasteiger charge is -2.27. The Morgan fingerprint density at radius 2 is 2.12 bits per heavy atom. The minimum absolute atomic E-state index is 0.0148. The van der Waals surface area contributed by atoms with Crippen molar-refractivity contribution in [3.05, 3.63) is 22.6 Å². The highest BCUT2D eigenvalue weighted by Gasteiger charge is 2.23. The van der Waals surface area contributed by atoms with Crippen molar-refractivity contribution >= 4 is 15.9 Å². The van der Waals surface area contributed by atoms with Gasteiger partial charge in [-0.15, -0.1) is 0 Å². The fraction of sp³-hybridized carbons (Fsp3) is 0.583. The molecule has 94 valence electrons. The predicted molar refractivity (Wildman–Crippen MR) is 65.4 cm³/mol. The number of hydrogen-bond acceptors (Lipinski definition) is 3. The van der Waals surface area contributed by atoms with Gasteiger partial charge in [0.15, 0.2) is 5.82 Å². The Morgan fingerprint density at radius 3 is 2.71 bits per heavy atom. The first-order valence-electron chi connectivity index (χ1n) is 5.77. The highest BCUT2D eigenvalue weighted by Crippen LogP contribution is 2.28. The molecule has 5 heteroatoms. The quantitative estimate of drug-likeness (QED) is 0.933. The summed E-state index contributed by atoms with van der Waals surface area (Å²) in [6, 6.07) is 1.35. The molecule has 0 atom stereocenters. The van der Waals surface area contributed by atoms with Crippen LogP contribution in [0.1, 0.15) is 25.7 Å². The second-order valence-corrected chi connectivity index (χ2v) is 5.30. The molecule has 0 spiro atoms. The third kappa shape index (κ3) is 3.39. The Morgan fingerprint density at radius 1 is 1.41 bits per heavy atom. The standard InChI is InChI=1S/C12H15BrFNO2/c13-9-5-11(14)12(15-6-9)17-10-3-1-8(7-16)2-4-10/h5-6,8,10,16H,1-4,7H2. The van der Waals surface area contributed by atoms with E-state index in [2.05, 4.69) is 20.9 Å². The highest BCUT2D eigenvalue weighted by atomic mass is 79.9. The minimum atomic E-state index is -0.441. The van der Waals surface area contributed by atoms with Crippen LogP contribution < -0.4 is 4.74 Å². The summed E-state index contributed by atoms with van der Waals surface area (Å²) in [5.41, 5.74) is 0. The van der Waals surface area contributed by atoms with E-state index < -0.39 is 5.82 Å². The summed E-state index contributed by atoms with van der Waals surface area (Å²) in [5, 5.41) is 9.02. The number of aromatic nitrogens is 1. The number of ether oxygens (including phenoxy) is 1. The normalized spacial score (nSPS) is 24.6. The third-order valence-corrected chi connectivity index (χ3v) is 3.54. The maximum absolute atomic E-state index is 13.5. The third-order valence-electron chi connectivity index (χ3n) is 3.10. The van der Waals surface area contributed by atoms with Crippen LogP contribution in [0, 0.1) is 11.7 Å². The van der Waals surface area contributed by atoms with E-state index in [4.69, 9.17) is 9.84 Å². The lowest BCUT2D eigenvalue weighted by Crippen LogP contribution is -2.26. The summed E-state index contributed by atoms with van der Waals surface area (Å²) in [4.78, 5) is 3.92. The molecule has 1 heterocycles. The molecular weight excluding hydrogens is 289 g/mol. The molecule has 1 fully saturated rings. The lowest BCUT2D eigenvalue weighted by atomic mass is 9.88. The molecule has 1 saturated carbocycles. The van der Waals surface area contributed by atoms with Gasteiger partial charge in [-0.2, -0.15) is 0 Å². The number of rotatable bonds is 3. The summed E-state index contributed by atoms with van der Waals surface area (Å²) < 4.78 is 19.6. The molecule has 0 aromatic carbocycles. The Labute approximate surface area is 108 Å². The van der Waals surface area contributed by atoms with Gasteiger partial charge in [-0.3, -0.25) is 0 Å². The van der Waals surface area contributed by atoms with Crippen molar-refractivity contribution in [2.24, 2.45) is 5.92 Å². The van der Waals surface area contributed by atoms with Crippen LogP contribution >= 0.6 is 15.9 Å².